The highest BCUT2D eigenvalue weighted by Gasteiger charge is 2.32. The largest absolute Gasteiger partial charge is 0.391 e. The molecule has 1 aromatic carbocycles. The number of carbonyl (C=O) groups excluding carboxylic acids is 1. The molecule has 118 valence electrons. The Morgan fingerprint density at radius 2 is 2.04 bits per heavy atom. The van der Waals surface area contributed by atoms with Gasteiger partial charge in [-0.15, -0.1) is 0 Å². The number of hydrogen-bond donors (Lipinski definition) is 0. The zero-order valence-electron chi connectivity index (χ0n) is 12.3. The van der Waals surface area contributed by atoms with Gasteiger partial charge < -0.3 is 4.84 Å². The van der Waals surface area contributed by atoms with E-state index >= 15 is 0 Å². The van der Waals surface area contributed by atoms with Gasteiger partial charge >= 0.3 is 0 Å². The van der Waals surface area contributed by atoms with E-state index < -0.39 is 0 Å². The molecule has 2 heterocycles. The van der Waals surface area contributed by atoms with E-state index in [1.807, 2.05) is 0 Å². The number of carbonyl (C=O) groups is 1. The Kier molecular flexibility index (Phi) is 4.56. The molecule has 0 bridgehead atoms. The van der Waals surface area contributed by atoms with Gasteiger partial charge in [-0.2, -0.15) is 0 Å². The average molecular weight is 314 g/mol. The van der Waals surface area contributed by atoms with Gasteiger partial charge in [0, 0.05) is 18.9 Å². The van der Waals surface area contributed by atoms with E-state index in [0.29, 0.717) is 18.9 Å². The van der Waals surface area contributed by atoms with Crippen LogP contribution in [0.1, 0.15) is 12.0 Å². The fourth-order valence-electron chi connectivity index (χ4n) is 2.28. The highest BCUT2D eigenvalue weighted by molar-refractivity contribution is 6.04. The van der Waals surface area contributed by atoms with Crippen molar-refractivity contribution in [2.75, 3.05) is 11.4 Å². The van der Waals surface area contributed by atoms with Gasteiger partial charge in [0.2, 0.25) is 11.9 Å². The number of oxime groups is 1. The second-order valence-electron chi connectivity index (χ2n) is 5.09. The lowest BCUT2D eigenvalue weighted by atomic mass is 10.1. The molecule has 1 saturated heterocycles. The first-order valence-corrected chi connectivity index (χ1v) is 7.22. The Bertz CT molecular complexity index is 691. The SMILES string of the molecule is O=C1C(/C=N/OCc2ccc(F)cc2)CCN1c1ncccn1. The van der Waals surface area contributed by atoms with E-state index in [4.69, 9.17) is 4.84 Å². The summed E-state index contributed by atoms with van der Waals surface area (Å²) in [6.07, 6.45) is 5.33. The van der Waals surface area contributed by atoms with Crippen LogP contribution >= 0.6 is 0 Å². The second kappa shape index (κ2) is 6.95. The summed E-state index contributed by atoms with van der Waals surface area (Å²) in [6.45, 7) is 0.778. The normalized spacial score (nSPS) is 17.9. The van der Waals surface area contributed by atoms with Crippen molar-refractivity contribution in [1.29, 1.82) is 0 Å². The second-order valence-corrected chi connectivity index (χ2v) is 5.09. The molecule has 6 nitrogen and oxygen atoms in total. The topological polar surface area (TPSA) is 67.7 Å². The van der Waals surface area contributed by atoms with Crippen LogP contribution in [-0.2, 0) is 16.2 Å². The Balaban J connectivity index is 1.52. The lowest BCUT2D eigenvalue weighted by molar-refractivity contribution is -0.118. The molecule has 1 aliphatic heterocycles. The average Bonchev–Trinajstić information content (AvgIpc) is 2.95. The maximum atomic E-state index is 12.8. The summed E-state index contributed by atoms with van der Waals surface area (Å²) in [6, 6.07) is 7.67. The monoisotopic (exact) mass is 314 g/mol. The molecule has 1 atom stereocenters. The van der Waals surface area contributed by atoms with E-state index in [-0.39, 0.29) is 24.2 Å². The molecule has 0 radical (unpaired) electrons. The number of halogens is 1. The molecule has 23 heavy (non-hydrogen) atoms. The number of amides is 1. The zero-order valence-corrected chi connectivity index (χ0v) is 12.3. The highest BCUT2D eigenvalue weighted by Crippen LogP contribution is 2.20. The van der Waals surface area contributed by atoms with Crippen molar-refractivity contribution in [1.82, 2.24) is 9.97 Å². The minimum atomic E-state index is -0.341. The van der Waals surface area contributed by atoms with Crippen molar-refractivity contribution in [3.8, 4) is 0 Å². The predicted octanol–water partition coefficient (Wildman–Crippen LogP) is 2.17. The number of hydrogen-bond acceptors (Lipinski definition) is 5. The number of anilines is 1. The summed E-state index contributed by atoms with van der Waals surface area (Å²) in [5, 5.41) is 3.84. The van der Waals surface area contributed by atoms with Crippen molar-refractivity contribution < 1.29 is 14.0 Å². The van der Waals surface area contributed by atoms with Gasteiger partial charge in [0.15, 0.2) is 0 Å². The molecule has 3 rings (SSSR count). The Labute approximate surface area is 132 Å². The quantitative estimate of drug-likeness (QED) is 0.626. The summed E-state index contributed by atoms with van der Waals surface area (Å²) in [5.74, 6) is -0.324. The molecule has 1 unspecified atom stereocenters. The fraction of sp³-hybridized carbons (Fsp3) is 0.250. The van der Waals surface area contributed by atoms with Crippen molar-refractivity contribution in [2.24, 2.45) is 11.1 Å². The molecule has 0 N–H and O–H groups in total. The van der Waals surface area contributed by atoms with Gasteiger partial charge in [0.25, 0.3) is 0 Å². The predicted molar refractivity (Wildman–Crippen MR) is 82.2 cm³/mol. The lowest BCUT2D eigenvalue weighted by Gasteiger charge is -2.12. The van der Waals surface area contributed by atoms with Crippen LogP contribution in [0.4, 0.5) is 10.3 Å². The maximum Gasteiger partial charge on any atom is 0.238 e. The number of nitrogens with zero attached hydrogens (tertiary/aromatic N) is 4. The van der Waals surface area contributed by atoms with Crippen molar-refractivity contribution in [2.45, 2.75) is 13.0 Å². The van der Waals surface area contributed by atoms with Gasteiger partial charge in [-0.05, 0) is 30.2 Å². The standard InChI is InChI=1S/C16H15FN4O2/c17-14-4-2-12(3-5-14)11-23-20-10-13-6-9-21(15(13)22)16-18-7-1-8-19-16/h1-5,7-8,10,13H,6,9,11H2/b20-10+. The first kappa shape index (κ1) is 15.1. The highest BCUT2D eigenvalue weighted by atomic mass is 19.1. The Morgan fingerprint density at radius 1 is 1.30 bits per heavy atom. The van der Waals surface area contributed by atoms with Crippen LogP contribution < -0.4 is 4.90 Å². The molecule has 7 heteroatoms. The van der Waals surface area contributed by atoms with Gasteiger partial charge in [-0.1, -0.05) is 17.3 Å². The molecule has 2 aromatic rings. The van der Waals surface area contributed by atoms with Crippen LogP contribution in [0.25, 0.3) is 0 Å². The first-order valence-electron chi connectivity index (χ1n) is 7.22. The van der Waals surface area contributed by atoms with E-state index in [0.717, 1.165) is 5.56 Å². The third-order valence-corrected chi connectivity index (χ3v) is 3.50. The first-order chi connectivity index (χ1) is 11.2. The number of aromatic nitrogens is 2. The van der Waals surface area contributed by atoms with E-state index in [2.05, 4.69) is 15.1 Å². The lowest BCUT2D eigenvalue weighted by Crippen LogP contribution is -2.29. The molecule has 1 aromatic heterocycles. The molecular formula is C16H15FN4O2. The number of benzene rings is 1. The minimum absolute atomic E-state index is 0.0923. The van der Waals surface area contributed by atoms with Gasteiger partial charge in [-0.3, -0.25) is 9.69 Å². The molecular weight excluding hydrogens is 299 g/mol. The third kappa shape index (κ3) is 3.68. The molecule has 0 saturated carbocycles. The van der Waals surface area contributed by atoms with Crippen LogP contribution in [0, 0.1) is 11.7 Å². The molecule has 1 amide bonds. The van der Waals surface area contributed by atoms with Crippen molar-refractivity contribution in [3.63, 3.8) is 0 Å². The summed E-state index contributed by atoms with van der Waals surface area (Å²) in [7, 11) is 0. The van der Waals surface area contributed by atoms with Gasteiger partial charge in [0.1, 0.15) is 12.4 Å². The fourth-order valence-corrected chi connectivity index (χ4v) is 2.28. The van der Waals surface area contributed by atoms with Crippen molar-refractivity contribution in [3.05, 3.63) is 54.1 Å². The van der Waals surface area contributed by atoms with E-state index in [1.54, 1.807) is 30.6 Å². The molecule has 1 fully saturated rings. The summed E-state index contributed by atoms with van der Waals surface area (Å²) in [4.78, 5) is 27.1. The summed E-state index contributed by atoms with van der Waals surface area (Å²) >= 11 is 0. The van der Waals surface area contributed by atoms with Crippen molar-refractivity contribution >= 4 is 18.1 Å². The smallest absolute Gasteiger partial charge is 0.238 e. The summed E-state index contributed by atoms with van der Waals surface area (Å²) < 4.78 is 12.8. The van der Waals surface area contributed by atoms with Crippen LogP contribution in [0.2, 0.25) is 0 Å². The Hall–Kier alpha value is -2.83. The van der Waals surface area contributed by atoms with Crippen LogP contribution in [-0.4, -0.2) is 28.6 Å². The van der Waals surface area contributed by atoms with Crippen LogP contribution in [0.5, 0.6) is 0 Å². The minimum Gasteiger partial charge on any atom is -0.391 e. The molecule has 1 aliphatic rings. The van der Waals surface area contributed by atoms with Gasteiger partial charge in [-0.25, -0.2) is 14.4 Å². The van der Waals surface area contributed by atoms with Crippen LogP contribution in [0.15, 0.2) is 47.9 Å². The zero-order chi connectivity index (χ0) is 16.1. The van der Waals surface area contributed by atoms with Crippen LogP contribution in [0.3, 0.4) is 0 Å². The maximum absolute atomic E-state index is 12.8. The Morgan fingerprint density at radius 3 is 2.78 bits per heavy atom. The summed E-state index contributed by atoms with van der Waals surface area (Å²) in [5.41, 5.74) is 0.806. The molecule has 0 aliphatic carbocycles. The van der Waals surface area contributed by atoms with Gasteiger partial charge in [0.05, 0.1) is 12.1 Å². The number of rotatable bonds is 5. The molecule has 0 spiro atoms. The third-order valence-electron chi connectivity index (χ3n) is 3.50. The van der Waals surface area contributed by atoms with E-state index in [1.165, 1.54) is 23.2 Å². The van der Waals surface area contributed by atoms with E-state index in [9.17, 15) is 9.18 Å².